The van der Waals surface area contributed by atoms with Gasteiger partial charge in [-0.2, -0.15) is 0 Å². The van der Waals surface area contributed by atoms with E-state index in [0.717, 1.165) is 44.5 Å². The number of rotatable bonds is 40. The molecule has 61 heteroatoms. The van der Waals surface area contributed by atoms with Crippen molar-refractivity contribution in [1.29, 1.82) is 0 Å². The van der Waals surface area contributed by atoms with Crippen molar-refractivity contribution in [2.24, 2.45) is 0 Å². The Morgan fingerprint density at radius 3 is 0.596 bits per heavy atom. The predicted molar refractivity (Wildman–Crippen MR) is 617 cm³/mol. The smallest absolute Gasteiger partial charge is 0.457 e. The zero-order valence-corrected chi connectivity index (χ0v) is 80.7. The van der Waals surface area contributed by atoms with E-state index in [-0.39, 0.29) is 164 Å². The molecular weight excluding hydrogens is 1730 g/mol. The summed E-state index contributed by atoms with van der Waals surface area (Å²) < 4.78 is 28.3. The van der Waals surface area contributed by atoms with Crippen LogP contribution in [0.25, 0.3) is 89.7 Å². The Morgan fingerprint density at radius 2 is 0.404 bits per heavy atom. The van der Waals surface area contributed by atoms with Crippen LogP contribution >= 0.6 is 0 Å². The molecule has 64 radical (unpaired) electrons. The van der Waals surface area contributed by atoms with Gasteiger partial charge in [0.1, 0.15) is 46.0 Å². The van der Waals surface area contributed by atoms with E-state index in [1.807, 2.05) is 121 Å². The monoisotopic (exact) mass is 1780 g/mol. The molecule has 16 unspecified atom stereocenters. The zero-order chi connectivity index (χ0) is 98.1. The summed E-state index contributed by atoms with van der Waals surface area (Å²) in [7, 11) is 181. The summed E-state index contributed by atoms with van der Waals surface area (Å²) >= 11 is 0. The molecule has 578 valence electrons. The first kappa shape index (κ1) is 102. The van der Waals surface area contributed by atoms with Crippen molar-refractivity contribution < 1.29 is 38.4 Å². The van der Waals surface area contributed by atoms with E-state index in [1.54, 1.807) is 115 Å². The normalized spacial score (nSPS) is 27.1. The van der Waals surface area contributed by atoms with Crippen LogP contribution in [0.3, 0.4) is 0 Å². The maximum absolute atomic E-state index is 7.10. The van der Waals surface area contributed by atoms with Crippen molar-refractivity contribution >= 4 is 397 Å². The first-order valence-electron chi connectivity index (χ1n) is 47.0. The van der Waals surface area contributed by atoms with Gasteiger partial charge in [0, 0.05) is 288 Å². The van der Waals surface area contributed by atoms with E-state index in [4.69, 9.17) is 245 Å². The van der Waals surface area contributed by atoms with Crippen LogP contribution < -0.4 is 28.9 Å². The molecule has 0 amide bonds. The molecule has 13 heterocycles. The number of nitrogens with zero attached hydrogens (tertiary/aromatic N) is 8. The molecule has 12 nitrogen and oxygen atoms in total. The van der Waals surface area contributed by atoms with Gasteiger partial charge in [0.2, 0.25) is 0 Å². The van der Waals surface area contributed by atoms with E-state index in [2.05, 4.69) is 24.3 Å². The first-order valence-corrected chi connectivity index (χ1v) is 47.0. The average molecular weight is 1770 g/mol. The second-order valence-electron chi connectivity index (χ2n) is 40.3. The maximum atomic E-state index is 7.10. The first-order chi connectivity index (χ1) is 67.5. The second-order valence-corrected chi connectivity index (χ2v) is 40.3. The van der Waals surface area contributed by atoms with Crippen molar-refractivity contribution in [2.75, 3.05) is 0 Å². The van der Waals surface area contributed by atoms with E-state index < -0.39 is 41.7 Å². The van der Waals surface area contributed by atoms with Crippen LogP contribution in [0.1, 0.15) is 44.5 Å². The van der Waals surface area contributed by atoms with Crippen LogP contribution in [0.4, 0.5) is 0 Å². The summed E-state index contributed by atoms with van der Waals surface area (Å²) in [5.74, 6) is 4.39. The van der Waals surface area contributed by atoms with Crippen molar-refractivity contribution in [3.63, 3.8) is 0 Å². The second kappa shape index (κ2) is 39.2. The molecule has 0 aliphatic carbocycles. The van der Waals surface area contributed by atoms with Crippen LogP contribution in [0.15, 0.2) is 146 Å². The molecule has 16 atom stereocenters. The molecule has 10 aliphatic rings. The van der Waals surface area contributed by atoms with Gasteiger partial charge in [-0.25, -0.2) is 9.97 Å². The fraction of sp³-hybridized carbons (Fsp3) is 0.300. The third-order valence-electron chi connectivity index (χ3n) is 33.0. The number of benzene rings is 8. The molecule has 8 bridgehead atoms. The van der Waals surface area contributed by atoms with Crippen LogP contribution in [-0.2, 0) is 70.8 Å². The Kier molecular flexibility index (Phi) is 28.4. The van der Waals surface area contributed by atoms with Gasteiger partial charge in [-0.05, 0) is 239 Å². The van der Waals surface area contributed by atoms with Crippen LogP contribution in [0.5, 0.6) is 46.0 Å². The van der Waals surface area contributed by atoms with Gasteiger partial charge in [0.15, 0.2) is 0 Å². The number of fused-ring (bicyclic) bond motifs is 20. The molecule has 141 heavy (non-hydrogen) atoms. The third-order valence-corrected chi connectivity index (χ3v) is 33.0. The van der Waals surface area contributed by atoms with Gasteiger partial charge >= 0.3 is 19.5 Å². The molecule has 8 saturated heterocycles. The van der Waals surface area contributed by atoms with Crippen LogP contribution in [-0.4, -0.2) is 383 Å². The van der Waals surface area contributed by atoms with Gasteiger partial charge in [0.05, 0.1) is 133 Å². The molecular formula is C80H48B48N8O4Zn. The van der Waals surface area contributed by atoms with Crippen LogP contribution in [0.2, 0.25) is 87.4 Å². The Morgan fingerprint density at radius 1 is 0.220 bits per heavy atom. The largest absolute Gasteiger partial charge is 2.00 e. The molecule has 8 fully saturated rings. The van der Waals surface area contributed by atoms with E-state index in [1.165, 1.54) is 0 Å². The third kappa shape index (κ3) is 17.4. The van der Waals surface area contributed by atoms with Crippen molar-refractivity contribution in [2.45, 2.75) is 139 Å². The van der Waals surface area contributed by atoms with Crippen molar-refractivity contribution in [3.8, 4) is 91.5 Å². The van der Waals surface area contributed by atoms with Gasteiger partial charge in [-0.15, -0.1) is 87.4 Å². The molecule has 0 N–H and O–H groups in total. The topological polar surface area (TPSA) is 142 Å². The number of hydrogen-bond donors (Lipinski definition) is 0. The summed E-state index contributed by atoms with van der Waals surface area (Å²) in [6.07, 6.45) is 3.52. The van der Waals surface area contributed by atoms with Crippen molar-refractivity contribution in [1.82, 2.24) is 39.9 Å². The van der Waals surface area contributed by atoms with Gasteiger partial charge in [-0.3, -0.25) is 0 Å². The minimum atomic E-state index is -0.633. The summed E-state index contributed by atoms with van der Waals surface area (Å²) in [5.41, 5.74) is 8.61. The quantitative estimate of drug-likeness (QED) is 0.0472. The molecule has 3 aromatic heterocycles. The molecule has 11 aromatic rings. The fourth-order valence-corrected chi connectivity index (χ4v) is 23.9. The SMILES string of the molecule is [B][11B]C1[11B]([B])C1([11B][B])Cc1cc(CC2([11B][B])[11B]([B])C2[11B][B])cc(Oc2ccc3c(c2)-c2nc-3nc3[n-]c(nc4nc(nc5[n-]c(n2)c2ccc(Oc6cc(CC7([11B][B])[11B]([B])C7[11B][B])cc(CC7([11B][B])[11B]([B])C7[11B][B])c6)cc52)-c2cc(Oc5cc(CC6([11B][B])[11B]([B])C6[11B][B])cc(CC6([11B][B])[11B]([B])C6[11B][B])c5)ccc2-4)c2cc(Oc4cc(CC5([11B][B])[11B]([B])C5[11B][B])cc(CC5([11B][B])[11B]([B])C5[11B][B])c4)ccc32)c1.[Zn+2]. The van der Waals surface area contributed by atoms with E-state index in [9.17, 15) is 0 Å². The van der Waals surface area contributed by atoms with Crippen LogP contribution in [0, 0.1) is 0 Å². The molecule has 0 saturated carbocycles. The van der Waals surface area contributed by atoms with Crippen molar-refractivity contribution in [3.05, 3.63) is 190 Å². The summed E-state index contributed by atoms with van der Waals surface area (Å²) in [6.45, 7) is -2.58. The molecule has 21 rings (SSSR count). The minimum absolute atomic E-state index is 0. The molecule has 8 aromatic carbocycles. The Labute approximate surface area is 888 Å². The number of ether oxygens (including phenoxy) is 4. The maximum Gasteiger partial charge on any atom is 2.00 e. The van der Waals surface area contributed by atoms with Gasteiger partial charge in [-0.1, -0.05) is 24.3 Å². The fourth-order valence-electron chi connectivity index (χ4n) is 23.9. The Balaban J connectivity index is 0.0000122. The average Bonchev–Trinajstić information content (AvgIpc) is 1.57. The Bertz CT molecular complexity index is 6730. The zero-order valence-electron chi connectivity index (χ0n) is 77.8. The van der Waals surface area contributed by atoms with Gasteiger partial charge < -0.3 is 48.9 Å². The molecule has 10 aliphatic heterocycles. The summed E-state index contributed by atoms with van der Waals surface area (Å²) in [4.78, 5) is 43.5. The standard InChI is InChI=1S/C80H48B48N8O4.Zn/c81-105-65-73(113-89,121(65)97)25-33-9-34(26-74(114-90)66(106-82)122(74)98)14-45(13-33)137-41-1-5-49-53(21-41)61-130-57(49)129-58-50-6-2-42(138-46-15-35(27-75(115-91)67(107-83)123(75)99)10-36(16-46)28-76(116-92)68(108-84)124(76)100)22-54(50)62(131-58)133-60-52-8-4-44(140-48-19-39(31-79(119-95)71(111-87)127(79)103)12-40(20-48)32-80(120-96)72(112-88)128(80)104)24-56(52)64(135-60)136-63-55-23-43(3-7-51(55)59(132-61)134-63)139-47-17-37(29-77(117-93)69(109-85)125(77)101)11-38(18-47)30-78(118-94)70(110-86)126(78)102;/h1-24,65-72H,25-32H2;/q-2;+2/i105+0,106+0,107+0,108+0,109+0,110+0,111+0,112+0,113+0,114+0,115+0,116+0,117+0,118+0,119+0,120+0,121+0,122+0,123+0,124+0,125+0,126+0,127+0,128+0;. The van der Waals surface area contributed by atoms with E-state index >= 15 is 0 Å². The Hall–Kier alpha value is -5.94. The minimum Gasteiger partial charge on any atom is -0.457 e. The van der Waals surface area contributed by atoms with Gasteiger partial charge in [0.25, 0.3) is 0 Å². The predicted octanol–water partition coefficient (Wildman–Crippen LogP) is -0.169. The molecule has 0 spiro atoms. The summed E-state index contributed by atoms with van der Waals surface area (Å²) in [6, 6.07) is 46.5. The number of hydrogen-bond acceptors (Lipinski definition) is 10. The summed E-state index contributed by atoms with van der Waals surface area (Å²) in [5, 5.41) is -2.89. The van der Waals surface area contributed by atoms with E-state index in [0.29, 0.717) is 141 Å². The number of aromatic nitrogens is 8.